The SMILES string of the molecule is CCCNC(=O)C1CCC(C(=O)Nc2cccc(Cl)c2Cl)CC1. The van der Waals surface area contributed by atoms with Crippen molar-refractivity contribution in [2.45, 2.75) is 39.0 Å². The maximum Gasteiger partial charge on any atom is 0.227 e. The van der Waals surface area contributed by atoms with Crippen molar-refractivity contribution >= 4 is 40.7 Å². The second-order valence-electron chi connectivity index (χ2n) is 5.93. The first-order chi connectivity index (χ1) is 11.0. The number of hydrogen-bond acceptors (Lipinski definition) is 2. The standard InChI is InChI=1S/C17H22Cl2N2O2/c1-2-10-20-16(22)11-6-8-12(9-7-11)17(23)21-14-5-3-4-13(18)15(14)19/h3-5,11-12H,2,6-10H2,1H3,(H,20,22)(H,21,23). The molecule has 126 valence electrons. The molecule has 4 nitrogen and oxygen atoms in total. The summed E-state index contributed by atoms with van der Waals surface area (Å²) in [6.45, 7) is 2.75. The zero-order valence-corrected chi connectivity index (χ0v) is 14.7. The van der Waals surface area contributed by atoms with E-state index in [4.69, 9.17) is 23.2 Å². The Labute approximate surface area is 146 Å². The third kappa shape index (κ3) is 4.85. The first-order valence-corrected chi connectivity index (χ1v) is 8.81. The molecule has 0 radical (unpaired) electrons. The van der Waals surface area contributed by atoms with Crippen molar-refractivity contribution in [3.8, 4) is 0 Å². The Bertz CT molecular complexity index is 570. The highest BCUT2D eigenvalue weighted by atomic mass is 35.5. The summed E-state index contributed by atoms with van der Waals surface area (Å²) in [5.41, 5.74) is 0.534. The van der Waals surface area contributed by atoms with Crippen LogP contribution in [0.3, 0.4) is 0 Å². The highest BCUT2D eigenvalue weighted by molar-refractivity contribution is 6.44. The monoisotopic (exact) mass is 356 g/mol. The van der Waals surface area contributed by atoms with Gasteiger partial charge in [-0.3, -0.25) is 9.59 Å². The largest absolute Gasteiger partial charge is 0.356 e. The molecule has 6 heteroatoms. The van der Waals surface area contributed by atoms with Crippen molar-refractivity contribution in [2.75, 3.05) is 11.9 Å². The van der Waals surface area contributed by atoms with E-state index < -0.39 is 0 Å². The van der Waals surface area contributed by atoms with E-state index in [0.717, 1.165) is 19.3 Å². The molecule has 1 fully saturated rings. The van der Waals surface area contributed by atoms with E-state index in [9.17, 15) is 9.59 Å². The molecule has 0 aromatic heterocycles. The van der Waals surface area contributed by atoms with Crippen LogP contribution in [-0.4, -0.2) is 18.4 Å². The number of amides is 2. The van der Waals surface area contributed by atoms with Crippen LogP contribution < -0.4 is 10.6 Å². The van der Waals surface area contributed by atoms with Crippen molar-refractivity contribution in [3.05, 3.63) is 28.2 Å². The molecule has 0 bridgehead atoms. The molecule has 1 aromatic rings. The fourth-order valence-electron chi connectivity index (χ4n) is 2.85. The smallest absolute Gasteiger partial charge is 0.227 e. The van der Waals surface area contributed by atoms with Crippen LogP contribution in [0.4, 0.5) is 5.69 Å². The van der Waals surface area contributed by atoms with Crippen molar-refractivity contribution in [1.29, 1.82) is 0 Å². The van der Waals surface area contributed by atoms with Gasteiger partial charge in [-0.1, -0.05) is 36.2 Å². The Balaban J connectivity index is 1.86. The molecular weight excluding hydrogens is 335 g/mol. The summed E-state index contributed by atoms with van der Waals surface area (Å²) in [5, 5.41) is 6.55. The van der Waals surface area contributed by atoms with Gasteiger partial charge in [0, 0.05) is 18.4 Å². The Morgan fingerprint density at radius 1 is 1.09 bits per heavy atom. The van der Waals surface area contributed by atoms with Gasteiger partial charge in [0.25, 0.3) is 0 Å². The van der Waals surface area contributed by atoms with Crippen LogP contribution in [0.5, 0.6) is 0 Å². The lowest BCUT2D eigenvalue weighted by atomic mass is 9.81. The summed E-state index contributed by atoms with van der Waals surface area (Å²) in [7, 11) is 0. The molecular formula is C17H22Cl2N2O2. The molecule has 1 aliphatic carbocycles. The second-order valence-corrected chi connectivity index (χ2v) is 6.72. The first kappa shape index (κ1) is 18.1. The van der Waals surface area contributed by atoms with Crippen LogP contribution >= 0.6 is 23.2 Å². The molecule has 2 amide bonds. The quantitative estimate of drug-likeness (QED) is 0.827. The molecule has 0 heterocycles. The van der Waals surface area contributed by atoms with Crippen LogP contribution in [0.2, 0.25) is 10.0 Å². The van der Waals surface area contributed by atoms with Crippen LogP contribution in [0.1, 0.15) is 39.0 Å². The van der Waals surface area contributed by atoms with Crippen LogP contribution in [0.15, 0.2) is 18.2 Å². The Morgan fingerprint density at radius 3 is 2.30 bits per heavy atom. The number of carbonyl (C=O) groups excluding carboxylic acids is 2. The summed E-state index contributed by atoms with van der Waals surface area (Å²) in [6, 6.07) is 5.16. The molecule has 0 unspecified atom stereocenters. The molecule has 23 heavy (non-hydrogen) atoms. The van der Waals surface area contributed by atoms with E-state index in [1.807, 2.05) is 6.92 Å². The van der Waals surface area contributed by atoms with Gasteiger partial charge in [-0.25, -0.2) is 0 Å². The van der Waals surface area contributed by atoms with E-state index in [1.165, 1.54) is 0 Å². The Hall–Kier alpha value is -1.26. The van der Waals surface area contributed by atoms with Gasteiger partial charge in [-0.2, -0.15) is 0 Å². The van der Waals surface area contributed by atoms with Crippen molar-refractivity contribution < 1.29 is 9.59 Å². The van der Waals surface area contributed by atoms with Crippen LogP contribution in [-0.2, 0) is 9.59 Å². The van der Waals surface area contributed by atoms with Gasteiger partial charge in [0.15, 0.2) is 0 Å². The van der Waals surface area contributed by atoms with Gasteiger partial charge in [0.1, 0.15) is 0 Å². The molecule has 1 aromatic carbocycles. The third-order valence-corrected chi connectivity index (χ3v) is 5.05. The van der Waals surface area contributed by atoms with E-state index in [1.54, 1.807) is 18.2 Å². The fraction of sp³-hybridized carbons (Fsp3) is 0.529. The molecule has 0 saturated heterocycles. The van der Waals surface area contributed by atoms with Gasteiger partial charge in [0.05, 0.1) is 15.7 Å². The highest BCUT2D eigenvalue weighted by Crippen LogP contribution is 2.33. The van der Waals surface area contributed by atoms with E-state index in [2.05, 4.69) is 10.6 Å². The minimum Gasteiger partial charge on any atom is -0.356 e. The van der Waals surface area contributed by atoms with Gasteiger partial charge in [-0.05, 0) is 44.2 Å². The maximum atomic E-state index is 12.4. The molecule has 0 aliphatic heterocycles. The summed E-state index contributed by atoms with van der Waals surface area (Å²) < 4.78 is 0. The number of halogens is 2. The Kier molecular flexibility index (Phi) is 6.72. The molecule has 0 spiro atoms. The normalized spacial score (nSPS) is 20.8. The van der Waals surface area contributed by atoms with Crippen molar-refractivity contribution in [2.24, 2.45) is 11.8 Å². The number of hydrogen-bond donors (Lipinski definition) is 2. The third-order valence-electron chi connectivity index (χ3n) is 4.23. The number of rotatable bonds is 5. The van der Waals surface area contributed by atoms with Crippen LogP contribution in [0, 0.1) is 11.8 Å². The van der Waals surface area contributed by atoms with Crippen LogP contribution in [0.25, 0.3) is 0 Å². The summed E-state index contributed by atoms with van der Waals surface area (Å²) >= 11 is 12.0. The number of carbonyl (C=O) groups is 2. The van der Waals surface area contributed by atoms with E-state index in [-0.39, 0.29) is 23.7 Å². The first-order valence-electron chi connectivity index (χ1n) is 8.05. The average Bonchev–Trinajstić information content (AvgIpc) is 2.57. The fourth-order valence-corrected chi connectivity index (χ4v) is 3.19. The van der Waals surface area contributed by atoms with Gasteiger partial charge in [-0.15, -0.1) is 0 Å². The van der Waals surface area contributed by atoms with Gasteiger partial charge < -0.3 is 10.6 Å². The number of anilines is 1. The number of nitrogens with one attached hydrogen (secondary N) is 2. The van der Waals surface area contributed by atoms with Crippen molar-refractivity contribution in [1.82, 2.24) is 5.32 Å². The minimum atomic E-state index is -0.0831. The molecule has 1 aliphatic rings. The lowest BCUT2D eigenvalue weighted by molar-refractivity contribution is -0.128. The van der Waals surface area contributed by atoms with E-state index >= 15 is 0 Å². The molecule has 0 atom stereocenters. The predicted octanol–water partition coefficient (Wildman–Crippen LogP) is 4.26. The summed E-state index contributed by atoms with van der Waals surface area (Å²) in [4.78, 5) is 24.3. The second kappa shape index (κ2) is 8.55. The Morgan fingerprint density at radius 2 is 1.70 bits per heavy atom. The summed E-state index contributed by atoms with van der Waals surface area (Å²) in [6.07, 6.45) is 3.86. The summed E-state index contributed by atoms with van der Waals surface area (Å²) in [5.74, 6) is 0.00538. The topological polar surface area (TPSA) is 58.2 Å². The maximum absolute atomic E-state index is 12.4. The lowest BCUT2D eigenvalue weighted by Crippen LogP contribution is -2.35. The molecule has 2 rings (SSSR count). The minimum absolute atomic E-state index is 0.0281. The number of benzene rings is 1. The average molecular weight is 357 g/mol. The van der Waals surface area contributed by atoms with Gasteiger partial charge >= 0.3 is 0 Å². The van der Waals surface area contributed by atoms with Gasteiger partial charge in [0.2, 0.25) is 11.8 Å². The van der Waals surface area contributed by atoms with E-state index in [0.29, 0.717) is 35.1 Å². The molecule has 1 saturated carbocycles. The van der Waals surface area contributed by atoms with Crippen molar-refractivity contribution in [3.63, 3.8) is 0 Å². The zero-order chi connectivity index (χ0) is 16.8. The zero-order valence-electron chi connectivity index (χ0n) is 13.2. The molecule has 2 N–H and O–H groups in total. The highest BCUT2D eigenvalue weighted by Gasteiger charge is 2.30. The predicted molar refractivity (Wildman–Crippen MR) is 93.8 cm³/mol. The lowest BCUT2D eigenvalue weighted by Gasteiger charge is -2.27.